The van der Waals surface area contributed by atoms with Crippen LogP contribution in [-0.2, 0) is 9.53 Å². The van der Waals surface area contributed by atoms with Crippen molar-refractivity contribution >= 4 is 6.47 Å². The van der Waals surface area contributed by atoms with E-state index >= 15 is 0 Å². The van der Waals surface area contributed by atoms with E-state index in [0.717, 1.165) is 24.3 Å². The summed E-state index contributed by atoms with van der Waals surface area (Å²) in [4.78, 5) is 9.77. The van der Waals surface area contributed by atoms with E-state index in [9.17, 15) is 4.79 Å². The smallest absolute Gasteiger partial charge is 0.293 e. The average Bonchev–Trinajstić information content (AvgIpc) is 2.48. The third-order valence-corrected chi connectivity index (χ3v) is 2.85. The summed E-state index contributed by atoms with van der Waals surface area (Å²) in [6.45, 7) is 11.5. The predicted octanol–water partition coefficient (Wildman–Crippen LogP) is 3.71. The van der Waals surface area contributed by atoms with Crippen LogP contribution in [-0.4, -0.2) is 26.2 Å². The van der Waals surface area contributed by atoms with Gasteiger partial charge in [0.1, 0.15) is 6.61 Å². The molecule has 3 nitrogen and oxygen atoms in total. The molecule has 0 fully saturated rings. The SMILES string of the molecule is CC.CNC(C)C(C)C.O=COCC1=CCCC=C1. The average molecular weight is 269 g/mol. The molecule has 19 heavy (non-hydrogen) atoms. The Bertz CT molecular complexity index is 257. The monoisotopic (exact) mass is 269 g/mol. The maximum atomic E-state index is 9.77. The lowest BCUT2D eigenvalue weighted by atomic mass is 10.1. The third kappa shape index (κ3) is 13.1. The molecule has 1 aliphatic rings. The fraction of sp³-hybridized carbons (Fsp3) is 0.688. The molecular weight excluding hydrogens is 238 g/mol. The van der Waals surface area contributed by atoms with Crippen LogP contribution in [0.1, 0.15) is 47.5 Å². The Balaban J connectivity index is 0. The van der Waals surface area contributed by atoms with Gasteiger partial charge in [0.05, 0.1) is 0 Å². The van der Waals surface area contributed by atoms with E-state index in [2.05, 4.69) is 43.0 Å². The normalized spacial score (nSPS) is 14.4. The Morgan fingerprint density at radius 1 is 1.32 bits per heavy atom. The number of carbonyl (C=O) groups excluding carboxylic acids is 1. The zero-order chi connectivity index (χ0) is 15.1. The summed E-state index contributed by atoms with van der Waals surface area (Å²) in [5, 5.41) is 3.16. The summed E-state index contributed by atoms with van der Waals surface area (Å²) in [5.41, 5.74) is 1.10. The van der Waals surface area contributed by atoms with Gasteiger partial charge in [0.15, 0.2) is 0 Å². The van der Waals surface area contributed by atoms with Gasteiger partial charge in [-0.1, -0.05) is 45.9 Å². The van der Waals surface area contributed by atoms with E-state index in [-0.39, 0.29) is 0 Å². The van der Waals surface area contributed by atoms with Crippen molar-refractivity contribution in [3.63, 3.8) is 0 Å². The number of carbonyl (C=O) groups is 1. The second-order valence-electron chi connectivity index (χ2n) is 4.49. The molecule has 0 saturated carbocycles. The van der Waals surface area contributed by atoms with Crippen LogP contribution in [0.5, 0.6) is 0 Å². The van der Waals surface area contributed by atoms with E-state index in [4.69, 9.17) is 0 Å². The van der Waals surface area contributed by atoms with Gasteiger partial charge in [-0.25, -0.2) is 0 Å². The molecule has 0 aliphatic heterocycles. The molecule has 0 spiro atoms. The number of hydrogen-bond acceptors (Lipinski definition) is 3. The zero-order valence-corrected chi connectivity index (χ0v) is 13.4. The van der Waals surface area contributed by atoms with Crippen molar-refractivity contribution in [1.82, 2.24) is 5.32 Å². The predicted molar refractivity (Wildman–Crippen MR) is 83.2 cm³/mol. The molecule has 0 aromatic heterocycles. The Morgan fingerprint density at radius 2 is 1.95 bits per heavy atom. The topological polar surface area (TPSA) is 38.3 Å². The van der Waals surface area contributed by atoms with E-state index in [1.165, 1.54) is 0 Å². The highest BCUT2D eigenvalue weighted by Gasteiger charge is 2.00. The molecule has 0 bridgehead atoms. The molecule has 0 heterocycles. The molecule has 1 aliphatic carbocycles. The van der Waals surface area contributed by atoms with Gasteiger partial charge in [-0.05, 0) is 38.3 Å². The molecule has 0 saturated heterocycles. The van der Waals surface area contributed by atoms with Gasteiger partial charge < -0.3 is 10.1 Å². The fourth-order valence-corrected chi connectivity index (χ4v) is 1.24. The molecule has 1 atom stereocenters. The largest absolute Gasteiger partial charge is 0.463 e. The molecule has 0 amide bonds. The lowest BCUT2D eigenvalue weighted by Gasteiger charge is -2.12. The molecular formula is C16H31NO2. The van der Waals surface area contributed by atoms with Crippen molar-refractivity contribution in [1.29, 1.82) is 0 Å². The van der Waals surface area contributed by atoms with E-state index in [1.54, 1.807) is 0 Å². The number of ether oxygens (including phenoxy) is 1. The van der Waals surface area contributed by atoms with Gasteiger partial charge in [-0.3, -0.25) is 4.79 Å². The first kappa shape index (κ1) is 20.2. The minimum absolute atomic E-state index is 0.417. The quantitative estimate of drug-likeness (QED) is 0.773. The van der Waals surface area contributed by atoms with Gasteiger partial charge in [-0.15, -0.1) is 0 Å². The van der Waals surface area contributed by atoms with Gasteiger partial charge >= 0.3 is 0 Å². The van der Waals surface area contributed by atoms with Crippen LogP contribution >= 0.6 is 0 Å². The van der Waals surface area contributed by atoms with Crippen molar-refractivity contribution in [3.05, 3.63) is 23.8 Å². The van der Waals surface area contributed by atoms with Crippen LogP contribution in [0, 0.1) is 5.92 Å². The number of allylic oxidation sites excluding steroid dienone is 2. The number of hydrogen-bond donors (Lipinski definition) is 1. The summed E-state index contributed by atoms with van der Waals surface area (Å²) >= 11 is 0. The molecule has 3 heteroatoms. The van der Waals surface area contributed by atoms with E-state index < -0.39 is 0 Å². The zero-order valence-electron chi connectivity index (χ0n) is 13.4. The fourth-order valence-electron chi connectivity index (χ4n) is 1.24. The summed E-state index contributed by atoms with van der Waals surface area (Å²) in [6.07, 6.45) is 8.33. The summed E-state index contributed by atoms with van der Waals surface area (Å²) in [5.74, 6) is 0.755. The minimum atomic E-state index is 0.417. The molecule has 1 unspecified atom stereocenters. The highest BCUT2D eigenvalue weighted by atomic mass is 16.5. The van der Waals surface area contributed by atoms with Crippen LogP contribution in [0.3, 0.4) is 0 Å². The van der Waals surface area contributed by atoms with Crippen molar-refractivity contribution in [2.24, 2.45) is 5.92 Å². The van der Waals surface area contributed by atoms with Crippen molar-refractivity contribution in [2.75, 3.05) is 13.7 Å². The highest BCUT2D eigenvalue weighted by molar-refractivity contribution is 5.38. The molecule has 0 radical (unpaired) electrons. The van der Waals surface area contributed by atoms with Gasteiger partial charge in [0, 0.05) is 6.04 Å². The summed E-state index contributed by atoms with van der Waals surface area (Å²) in [6, 6.07) is 0.653. The Labute approximate surface area is 119 Å². The maximum Gasteiger partial charge on any atom is 0.293 e. The van der Waals surface area contributed by atoms with Crippen LogP contribution in [0.15, 0.2) is 23.8 Å². The maximum absolute atomic E-state index is 9.77. The van der Waals surface area contributed by atoms with Gasteiger partial charge in [-0.2, -0.15) is 0 Å². The molecule has 0 aromatic rings. The van der Waals surface area contributed by atoms with E-state index in [0.29, 0.717) is 19.1 Å². The van der Waals surface area contributed by atoms with Crippen LogP contribution in [0.4, 0.5) is 0 Å². The molecule has 1 rings (SSSR count). The minimum Gasteiger partial charge on any atom is -0.463 e. The Morgan fingerprint density at radius 3 is 2.26 bits per heavy atom. The molecule has 112 valence electrons. The van der Waals surface area contributed by atoms with E-state index in [1.807, 2.05) is 27.0 Å². The summed E-state index contributed by atoms with van der Waals surface area (Å²) in [7, 11) is 1.99. The first-order valence-corrected chi connectivity index (χ1v) is 7.19. The standard InChI is InChI=1S/C8H10O2.C6H15N.C2H6/c9-7-10-6-8-4-2-1-3-5-8;1-5(2)6(3)7-4;1-2/h2,4-5,7H,1,3,6H2;5-7H,1-4H3;1-2H3. The lowest BCUT2D eigenvalue weighted by Crippen LogP contribution is -2.26. The lowest BCUT2D eigenvalue weighted by molar-refractivity contribution is -0.127. The molecule has 1 N–H and O–H groups in total. The van der Waals surface area contributed by atoms with Crippen LogP contribution < -0.4 is 5.32 Å². The second kappa shape index (κ2) is 15.0. The van der Waals surface area contributed by atoms with Gasteiger partial charge in [0.2, 0.25) is 0 Å². The first-order valence-electron chi connectivity index (χ1n) is 7.19. The molecule has 0 aromatic carbocycles. The summed E-state index contributed by atoms with van der Waals surface area (Å²) < 4.78 is 4.57. The van der Waals surface area contributed by atoms with Gasteiger partial charge in [0.25, 0.3) is 6.47 Å². The second-order valence-corrected chi connectivity index (χ2v) is 4.49. The van der Waals surface area contributed by atoms with Crippen LogP contribution in [0.25, 0.3) is 0 Å². The van der Waals surface area contributed by atoms with Crippen molar-refractivity contribution in [3.8, 4) is 0 Å². The third-order valence-electron chi connectivity index (χ3n) is 2.85. The highest BCUT2D eigenvalue weighted by Crippen LogP contribution is 2.08. The number of nitrogens with one attached hydrogen (secondary N) is 1. The Kier molecular flexibility index (Phi) is 15.9. The van der Waals surface area contributed by atoms with Crippen molar-refractivity contribution in [2.45, 2.75) is 53.5 Å². The number of rotatable bonds is 5. The van der Waals surface area contributed by atoms with Crippen molar-refractivity contribution < 1.29 is 9.53 Å². The van der Waals surface area contributed by atoms with Crippen LogP contribution in [0.2, 0.25) is 0 Å². The Hall–Kier alpha value is -1.09. The first-order chi connectivity index (χ1) is 9.11.